The third-order valence-corrected chi connectivity index (χ3v) is 6.76. The zero-order valence-corrected chi connectivity index (χ0v) is 19.9. The molecule has 0 bridgehead atoms. The van der Waals surface area contributed by atoms with Crippen LogP contribution in [0.2, 0.25) is 0 Å². The largest absolute Gasteiger partial charge is 0.374 e. The highest BCUT2D eigenvalue weighted by Gasteiger charge is 2.14. The molecule has 2 aromatic rings. The summed E-state index contributed by atoms with van der Waals surface area (Å²) in [5.74, 6) is 1.20. The molecule has 1 aliphatic heterocycles. The maximum absolute atomic E-state index is 10.9. The van der Waals surface area contributed by atoms with Gasteiger partial charge in [-0.3, -0.25) is 15.1 Å². The number of nitrogens with zero attached hydrogens (tertiary/aromatic N) is 3. The number of hydrogen-bond acceptors (Lipinski definition) is 7. The number of nitro benzene ring substituents is 1. The number of aliphatic imine (C=N–C) groups is 1. The van der Waals surface area contributed by atoms with Crippen LogP contribution in [0.3, 0.4) is 0 Å². The van der Waals surface area contributed by atoms with E-state index in [9.17, 15) is 10.1 Å². The van der Waals surface area contributed by atoms with Gasteiger partial charge in [0, 0.05) is 38.2 Å². The van der Waals surface area contributed by atoms with Crippen LogP contribution in [-0.4, -0.2) is 35.4 Å². The highest BCUT2D eigenvalue weighted by molar-refractivity contribution is 7.19. The Morgan fingerprint density at radius 2 is 1.81 bits per heavy atom. The number of hydrogen-bond donors (Lipinski definition) is 2. The molecule has 0 aliphatic carbocycles. The van der Waals surface area contributed by atoms with Crippen LogP contribution in [0.5, 0.6) is 0 Å². The normalized spacial score (nSPS) is 14.3. The van der Waals surface area contributed by atoms with Crippen molar-refractivity contribution in [2.75, 3.05) is 25.0 Å². The van der Waals surface area contributed by atoms with Crippen molar-refractivity contribution < 1.29 is 4.92 Å². The number of amidine groups is 1. The molecule has 1 aromatic carbocycles. The highest BCUT2D eigenvalue weighted by Crippen LogP contribution is 2.35. The molecule has 0 fully saturated rings. The van der Waals surface area contributed by atoms with E-state index in [1.165, 1.54) is 44.4 Å². The maximum atomic E-state index is 10.9. The SMILES string of the molecule is CCNc1nc(CCCCCCNC2=NCCCCCC2)c(-c2ccc([N+](=O)[O-])cc2)s1. The Labute approximate surface area is 194 Å². The van der Waals surface area contributed by atoms with Gasteiger partial charge in [-0.1, -0.05) is 37.0 Å². The van der Waals surface area contributed by atoms with Crippen molar-refractivity contribution in [1.82, 2.24) is 10.3 Å². The topological polar surface area (TPSA) is 92.5 Å². The first-order chi connectivity index (χ1) is 15.7. The molecule has 2 N–H and O–H groups in total. The van der Waals surface area contributed by atoms with Gasteiger partial charge in [0.25, 0.3) is 5.69 Å². The molecule has 0 atom stereocenters. The van der Waals surface area contributed by atoms with E-state index in [0.717, 1.165) is 66.6 Å². The number of aryl methyl sites for hydroxylation is 1. The molecule has 3 rings (SSSR count). The van der Waals surface area contributed by atoms with Gasteiger partial charge in [0.1, 0.15) is 0 Å². The highest BCUT2D eigenvalue weighted by atomic mass is 32.1. The fourth-order valence-electron chi connectivity index (χ4n) is 3.91. The van der Waals surface area contributed by atoms with Crippen LogP contribution in [0.1, 0.15) is 70.4 Å². The van der Waals surface area contributed by atoms with E-state index in [2.05, 4.69) is 22.5 Å². The van der Waals surface area contributed by atoms with Gasteiger partial charge >= 0.3 is 0 Å². The van der Waals surface area contributed by atoms with Gasteiger partial charge < -0.3 is 10.6 Å². The molecule has 0 spiro atoms. The molecule has 0 amide bonds. The summed E-state index contributed by atoms with van der Waals surface area (Å²) in [6, 6.07) is 6.79. The van der Waals surface area contributed by atoms with Gasteiger partial charge in [0.2, 0.25) is 0 Å². The second kappa shape index (κ2) is 13.2. The second-order valence-electron chi connectivity index (χ2n) is 8.21. The second-order valence-corrected chi connectivity index (χ2v) is 9.21. The molecule has 32 heavy (non-hydrogen) atoms. The third-order valence-electron chi connectivity index (χ3n) is 5.66. The van der Waals surface area contributed by atoms with Crippen molar-refractivity contribution >= 4 is 28.0 Å². The van der Waals surface area contributed by atoms with Gasteiger partial charge in [-0.25, -0.2) is 4.98 Å². The molecule has 0 saturated heterocycles. The van der Waals surface area contributed by atoms with Crippen molar-refractivity contribution in [3.8, 4) is 10.4 Å². The fraction of sp³-hybridized carbons (Fsp3) is 0.583. The molecule has 174 valence electrons. The first kappa shape index (κ1) is 24.2. The van der Waals surface area contributed by atoms with Crippen molar-refractivity contribution in [1.29, 1.82) is 0 Å². The van der Waals surface area contributed by atoms with Crippen LogP contribution in [0, 0.1) is 10.1 Å². The van der Waals surface area contributed by atoms with E-state index < -0.39 is 0 Å². The fourth-order valence-corrected chi connectivity index (χ4v) is 4.99. The maximum Gasteiger partial charge on any atom is 0.269 e. The summed E-state index contributed by atoms with van der Waals surface area (Å²) < 4.78 is 0. The summed E-state index contributed by atoms with van der Waals surface area (Å²) in [6.07, 6.45) is 11.8. The Morgan fingerprint density at radius 1 is 1.03 bits per heavy atom. The predicted octanol–water partition coefficient (Wildman–Crippen LogP) is 6.21. The van der Waals surface area contributed by atoms with E-state index in [1.807, 2.05) is 12.1 Å². The molecule has 2 heterocycles. The van der Waals surface area contributed by atoms with Crippen molar-refractivity contribution in [3.63, 3.8) is 0 Å². The lowest BCUT2D eigenvalue weighted by Crippen LogP contribution is -2.25. The van der Waals surface area contributed by atoms with Crippen LogP contribution in [0.15, 0.2) is 29.3 Å². The minimum absolute atomic E-state index is 0.116. The molecular formula is C24H35N5O2S. The molecule has 8 heteroatoms. The molecule has 1 aromatic heterocycles. The van der Waals surface area contributed by atoms with Crippen LogP contribution >= 0.6 is 11.3 Å². The Hall–Kier alpha value is -2.48. The summed E-state index contributed by atoms with van der Waals surface area (Å²) in [4.78, 5) is 21.2. The lowest BCUT2D eigenvalue weighted by atomic mass is 10.1. The average molecular weight is 458 g/mol. The van der Waals surface area contributed by atoms with E-state index >= 15 is 0 Å². The zero-order chi connectivity index (χ0) is 22.6. The lowest BCUT2D eigenvalue weighted by Gasteiger charge is -2.12. The molecule has 0 radical (unpaired) electrons. The number of benzene rings is 1. The number of anilines is 1. The first-order valence-electron chi connectivity index (χ1n) is 11.9. The first-order valence-corrected chi connectivity index (χ1v) is 12.7. The van der Waals surface area contributed by atoms with Crippen molar-refractivity contribution in [2.45, 2.75) is 71.1 Å². The number of thiazole rings is 1. The Kier molecular flexibility index (Phi) is 9.94. The number of rotatable bonds is 11. The molecule has 0 unspecified atom stereocenters. The number of aromatic nitrogens is 1. The number of unbranched alkanes of at least 4 members (excludes halogenated alkanes) is 3. The van der Waals surface area contributed by atoms with Crippen LogP contribution in [0.4, 0.5) is 10.8 Å². The Balaban J connectivity index is 1.46. The van der Waals surface area contributed by atoms with Crippen LogP contribution < -0.4 is 10.6 Å². The number of nitro groups is 1. The lowest BCUT2D eigenvalue weighted by molar-refractivity contribution is -0.384. The molecule has 1 aliphatic rings. The van der Waals surface area contributed by atoms with Crippen LogP contribution in [-0.2, 0) is 6.42 Å². The average Bonchev–Trinajstić information content (AvgIpc) is 3.17. The van der Waals surface area contributed by atoms with Crippen molar-refractivity contribution in [2.24, 2.45) is 4.99 Å². The monoisotopic (exact) mass is 457 g/mol. The van der Waals surface area contributed by atoms with E-state index in [0.29, 0.717) is 0 Å². The summed E-state index contributed by atoms with van der Waals surface area (Å²) in [6.45, 7) is 4.86. The van der Waals surface area contributed by atoms with Crippen molar-refractivity contribution in [3.05, 3.63) is 40.1 Å². The van der Waals surface area contributed by atoms with Gasteiger partial charge in [-0.2, -0.15) is 0 Å². The summed E-state index contributed by atoms with van der Waals surface area (Å²) >= 11 is 1.63. The zero-order valence-electron chi connectivity index (χ0n) is 19.1. The molecular weight excluding hydrogens is 422 g/mol. The van der Waals surface area contributed by atoms with E-state index in [4.69, 9.17) is 4.98 Å². The van der Waals surface area contributed by atoms with Crippen LogP contribution in [0.25, 0.3) is 10.4 Å². The minimum atomic E-state index is -0.361. The number of nitrogens with one attached hydrogen (secondary N) is 2. The number of non-ortho nitro benzene ring substituents is 1. The van der Waals surface area contributed by atoms with Gasteiger partial charge in [0.05, 0.1) is 21.3 Å². The quantitative estimate of drug-likeness (QED) is 0.238. The van der Waals surface area contributed by atoms with E-state index in [-0.39, 0.29) is 10.6 Å². The predicted molar refractivity (Wildman–Crippen MR) is 134 cm³/mol. The smallest absolute Gasteiger partial charge is 0.269 e. The summed E-state index contributed by atoms with van der Waals surface area (Å²) in [5.41, 5.74) is 2.20. The summed E-state index contributed by atoms with van der Waals surface area (Å²) in [5, 5.41) is 18.7. The molecule has 7 nitrogen and oxygen atoms in total. The Bertz CT molecular complexity index is 879. The Morgan fingerprint density at radius 3 is 2.59 bits per heavy atom. The van der Waals surface area contributed by atoms with E-state index in [1.54, 1.807) is 23.5 Å². The van der Waals surface area contributed by atoms with Gasteiger partial charge in [-0.15, -0.1) is 0 Å². The molecule has 0 saturated carbocycles. The summed E-state index contributed by atoms with van der Waals surface area (Å²) in [7, 11) is 0. The van der Waals surface area contributed by atoms with Gasteiger partial charge in [0.15, 0.2) is 5.13 Å². The van der Waals surface area contributed by atoms with Gasteiger partial charge in [-0.05, 0) is 56.7 Å². The minimum Gasteiger partial charge on any atom is -0.374 e. The third kappa shape index (κ3) is 7.58. The standard InChI is InChI=1S/C24H35N5O2S/c1-2-25-24-28-21(23(32-24)19-13-15-20(16-14-19)29(30)31)11-7-3-5-9-17-26-22-12-8-4-6-10-18-27-22/h13-16H,2-12,17-18H2,1H3,(H,25,28)(H,26,27).